The molecule has 0 amide bonds. The van der Waals surface area contributed by atoms with Crippen LogP contribution in [0.15, 0.2) is 0 Å². The van der Waals surface area contributed by atoms with E-state index in [1.807, 2.05) is 6.92 Å². The fraction of sp³-hybridized carbons (Fsp3) is 0.960. The molecule has 21 atom stereocenters. The van der Waals surface area contributed by atoms with E-state index in [1.165, 1.54) is 32.1 Å². The fourth-order valence-electron chi connectivity index (χ4n) is 17.1. The first-order valence-corrected chi connectivity index (χ1v) is 23.5. The molecule has 0 saturated heterocycles. The van der Waals surface area contributed by atoms with Gasteiger partial charge in [-0.1, -0.05) is 56.4 Å². The van der Waals surface area contributed by atoms with E-state index in [2.05, 4.69) is 34.6 Å². The second-order valence-electron chi connectivity index (χ2n) is 22.2. The minimum absolute atomic E-state index is 0. The molecule has 8 fully saturated rings. The van der Waals surface area contributed by atoms with Crippen molar-refractivity contribution in [1.82, 2.24) is 0 Å². The van der Waals surface area contributed by atoms with E-state index in [4.69, 9.17) is 4.74 Å². The summed E-state index contributed by atoms with van der Waals surface area (Å²) in [5.41, 5.74) is 0.239. The number of hydrogen-bond acceptors (Lipinski definition) is 8. The molecule has 336 valence electrons. The van der Waals surface area contributed by atoms with E-state index in [1.54, 1.807) is 6.92 Å². The Balaban J connectivity index is 0.000000218. The van der Waals surface area contributed by atoms with Crippen molar-refractivity contribution in [3.05, 3.63) is 0 Å². The zero-order valence-corrected chi connectivity index (χ0v) is 36.1. The SMILES string of the molecule is C.C.CCOC(=O)CC(O)[C@@H](C)[C@H]1CCC2C3CC[C@@H]4C[C@H](O)CC[C@]4(C)C3C[C@H](O)[C@@]21C.C[C@H](C=O)[C@H]1CCC2C3CC[C@@H]4C[C@H](O)CC[C@]4(C)C3C[C@H](O)[C@@]21C. The normalized spacial score (nSPS) is 50.4. The van der Waals surface area contributed by atoms with Crippen LogP contribution in [0, 0.1) is 92.7 Å². The number of carbonyl (C=O) groups is 2. The van der Waals surface area contributed by atoms with Gasteiger partial charge in [0.2, 0.25) is 0 Å². The highest BCUT2D eigenvalue weighted by Gasteiger charge is 2.65. The van der Waals surface area contributed by atoms with Gasteiger partial charge in [-0.2, -0.15) is 0 Å². The van der Waals surface area contributed by atoms with Crippen LogP contribution in [0.2, 0.25) is 0 Å². The summed E-state index contributed by atoms with van der Waals surface area (Å²) < 4.78 is 5.05. The van der Waals surface area contributed by atoms with E-state index in [0.717, 1.165) is 76.9 Å². The number of hydrogen-bond donors (Lipinski definition) is 5. The molecular formula is C50H88O8. The first kappa shape index (κ1) is 48.0. The minimum atomic E-state index is -0.724. The van der Waals surface area contributed by atoms with Crippen molar-refractivity contribution in [3.63, 3.8) is 0 Å². The molecule has 8 aliphatic rings. The van der Waals surface area contributed by atoms with Crippen molar-refractivity contribution in [3.8, 4) is 0 Å². The van der Waals surface area contributed by atoms with Crippen LogP contribution in [-0.4, -0.2) is 74.9 Å². The summed E-state index contributed by atoms with van der Waals surface area (Å²) in [4.78, 5) is 23.4. The van der Waals surface area contributed by atoms with Gasteiger partial charge in [0, 0.05) is 11.3 Å². The molecule has 0 aromatic rings. The summed E-state index contributed by atoms with van der Waals surface area (Å²) in [5.74, 6) is 4.95. The molecule has 0 heterocycles. The molecule has 0 aliphatic heterocycles. The summed E-state index contributed by atoms with van der Waals surface area (Å²) in [6, 6.07) is 0. The second kappa shape index (κ2) is 18.0. The van der Waals surface area contributed by atoms with Gasteiger partial charge in [0.05, 0.1) is 43.5 Å². The lowest BCUT2D eigenvalue weighted by molar-refractivity contribution is -0.178. The maximum Gasteiger partial charge on any atom is 0.308 e. The van der Waals surface area contributed by atoms with Crippen LogP contribution in [0.4, 0.5) is 0 Å². The van der Waals surface area contributed by atoms with Gasteiger partial charge in [-0.3, -0.25) is 4.79 Å². The third-order valence-electron chi connectivity index (χ3n) is 20.4. The van der Waals surface area contributed by atoms with Crippen LogP contribution in [0.25, 0.3) is 0 Å². The average molecular weight is 817 g/mol. The average Bonchev–Trinajstić information content (AvgIpc) is 3.71. The summed E-state index contributed by atoms with van der Waals surface area (Å²) in [5, 5.41) is 54.1. The van der Waals surface area contributed by atoms with E-state index >= 15 is 0 Å². The van der Waals surface area contributed by atoms with E-state index in [-0.39, 0.29) is 85.7 Å². The number of rotatable bonds is 7. The molecule has 7 unspecified atom stereocenters. The van der Waals surface area contributed by atoms with Crippen molar-refractivity contribution in [2.24, 2.45) is 92.7 Å². The van der Waals surface area contributed by atoms with Gasteiger partial charge < -0.3 is 35.1 Å². The predicted octanol–water partition coefficient (Wildman–Crippen LogP) is 9.01. The van der Waals surface area contributed by atoms with Crippen molar-refractivity contribution >= 4 is 12.3 Å². The second-order valence-corrected chi connectivity index (χ2v) is 22.2. The Morgan fingerprint density at radius 3 is 1.55 bits per heavy atom. The van der Waals surface area contributed by atoms with Gasteiger partial charge in [-0.05, 0) is 191 Å². The highest BCUT2D eigenvalue weighted by molar-refractivity contribution is 5.69. The summed E-state index contributed by atoms with van der Waals surface area (Å²) >= 11 is 0. The van der Waals surface area contributed by atoms with Crippen LogP contribution in [-0.2, 0) is 14.3 Å². The lowest BCUT2D eigenvalue weighted by Gasteiger charge is -2.62. The molecule has 5 N–H and O–H groups in total. The topological polar surface area (TPSA) is 145 Å². The smallest absolute Gasteiger partial charge is 0.308 e. The zero-order chi connectivity index (χ0) is 40.5. The Morgan fingerprint density at radius 1 is 0.655 bits per heavy atom. The first-order chi connectivity index (χ1) is 26.4. The number of aliphatic hydroxyl groups is 5. The van der Waals surface area contributed by atoms with E-state index in [9.17, 15) is 35.1 Å². The molecule has 0 aromatic heterocycles. The molecule has 58 heavy (non-hydrogen) atoms. The predicted molar refractivity (Wildman–Crippen MR) is 230 cm³/mol. The monoisotopic (exact) mass is 817 g/mol. The number of carbonyl (C=O) groups excluding carboxylic acids is 2. The van der Waals surface area contributed by atoms with Crippen LogP contribution < -0.4 is 0 Å². The Kier molecular flexibility index (Phi) is 14.9. The van der Waals surface area contributed by atoms with Gasteiger partial charge in [0.15, 0.2) is 0 Å². The standard InChI is InChI=1S/C26H44O5.C22H36O3.2CH4/c1-5-31-24(30)14-22(28)15(2)19-8-9-20-18-7-6-16-12-17(27)10-11-25(16,3)21(18)13-23(29)26(19,20)4;1-13(12-23)17-6-7-18-16-5-4-14-10-15(24)8-9-21(14,2)19(16)11-20(25)22(17,18)3;;/h15-23,27-29H,5-14H2,1-4H3;12-20,24-25H,4-11H2,1-3H3;2*1H4/t15-,16+,17+,18?,19+,20?,21?,22?,23-,25-,26+;13-,14-,15-,16?,17-,18?,19?,20+,21+,22-;;/m01../s1. The van der Waals surface area contributed by atoms with Gasteiger partial charge >= 0.3 is 5.97 Å². The lowest BCUT2D eigenvalue weighted by atomic mass is 9.43. The van der Waals surface area contributed by atoms with Crippen LogP contribution in [0.3, 0.4) is 0 Å². The van der Waals surface area contributed by atoms with Gasteiger partial charge in [0.1, 0.15) is 6.29 Å². The molecular weight excluding hydrogens is 729 g/mol. The molecule has 0 aromatic carbocycles. The maximum absolute atomic E-state index is 11.9. The van der Waals surface area contributed by atoms with Crippen molar-refractivity contribution < 1.29 is 39.9 Å². The molecule has 0 radical (unpaired) electrons. The number of aldehydes is 1. The van der Waals surface area contributed by atoms with Crippen LogP contribution >= 0.6 is 0 Å². The maximum atomic E-state index is 11.9. The minimum Gasteiger partial charge on any atom is -0.466 e. The van der Waals surface area contributed by atoms with Crippen molar-refractivity contribution in [2.45, 2.75) is 203 Å². The summed E-state index contributed by atoms with van der Waals surface area (Å²) in [7, 11) is 0. The Labute approximate surface area is 353 Å². The Hall–Kier alpha value is -1.06. The number of aliphatic hydroxyl groups excluding tert-OH is 5. The quantitative estimate of drug-likeness (QED) is 0.127. The van der Waals surface area contributed by atoms with Gasteiger partial charge in [-0.15, -0.1) is 0 Å². The zero-order valence-electron chi connectivity index (χ0n) is 36.1. The highest BCUT2D eigenvalue weighted by Crippen LogP contribution is 2.70. The third kappa shape index (κ3) is 7.72. The number of ether oxygens (including phenoxy) is 1. The highest BCUT2D eigenvalue weighted by atomic mass is 16.5. The largest absolute Gasteiger partial charge is 0.466 e. The van der Waals surface area contributed by atoms with E-state index in [0.29, 0.717) is 65.3 Å². The van der Waals surface area contributed by atoms with Crippen molar-refractivity contribution in [1.29, 1.82) is 0 Å². The van der Waals surface area contributed by atoms with Crippen LogP contribution in [0.5, 0.6) is 0 Å². The Morgan fingerprint density at radius 2 is 1.10 bits per heavy atom. The summed E-state index contributed by atoms with van der Waals surface area (Å²) in [6.07, 6.45) is 16.5. The van der Waals surface area contributed by atoms with E-state index < -0.39 is 6.10 Å². The Bertz CT molecular complexity index is 1400. The summed E-state index contributed by atoms with van der Waals surface area (Å²) in [6.45, 7) is 15.7. The fourth-order valence-corrected chi connectivity index (χ4v) is 17.1. The molecule has 8 saturated carbocycles. The molecule has 8 nitrogen and oxygen atoms in total. The molecule has 8 heteroatoms. The molecule has 0 bridgehead atoms. The molecule has 8 aliphatic carbocycles. The van der Waals surface area contributed by atoms with Crippen LogP contribution in [0.1, 0.15) is 172 Å². The van der Waals surface area contributed by atoms with Gasteiger partial charge in [0.25, 0.3) is 0 Å². The number of esters is 1. The third-order valence-corrected chi connectivity index (χ3v) is 20.4. The molecule has 8 rings (SSSR count). The van der Waals surface area contributed by atoms with Crippen molar-refractivity contribution in [2.75, 3.05) is 6.61 Å². The van der Waals surface area contributed by atoms with Gasteiger partial charge in [-0.25, -0.2) is 0 Å². The first-order valence-electron chi connectivity index (χ1n) is 23.5. The molecule has 0 spiro atoms. The number of fused-ring (bicyclic) bond motifs is 10. The lowest BCUT2D eigenvalue weighted by Crippen LogP contribution is -2.59.